The Morgan fingerprint density at radius 3 is 3.17 bits per heavy atom. The van der Waals surface area contributed by atoms with Crippen LogP contribution in [0, 0.1) is 5.92 Å². The predicted molar refractivity (Wildman–Crippen MR) is 68.6 cm³/mol. The molecule has 0 amide bonds. The van der Waals surface area contributed by atoms with E-state index in [1.54, 1.807) is 22.8 Å². The van der Waals surface area contributed by atoms with E-state index in [1.807, 2.05) is 0 Å². The lowest BCUT2D eigenvalue weighted by atomic mass is 10.1. The molecule has 0 aliphatic carbocycles. The summed E-state index contributed by atoms with van der Waals surface area (Å²) in [5, 5.41) is 13.4. The van der Waals surface area contributed by atoms with Crippen LogP contribution in [0.1, 0.15) is 6.42 Å². The second-order valence-corrected chi connectivity index (χ2v) is 4.73. The predicted octanol–water partition coefficient (Wildman–Crippen LogP) is 0.712. The first-order chi connectivity index (χ1) is 8.75. The van der Waals surface area contributed by atoms with Gasteiger partial charge in [-0.1, -0.05) is 6.07 Å². The maximum Gasteiger partial charge on any atom is 0.261 e. The SMILES string of the molecule is O=c1c2cccc(O)c2ncn1CC1CCNC1. The molecule has 1 aliphatic rings. The van der Waals surface area contributed by atoms with Gasteiger partial charge in [0.25, 0.3) is 5.56 Å². The fraction of sp³-hybridized carbons (Fsp3) is 0.385. The number of aromatic nitrogens is 2. The molecule has 1 aromatic heterocycles. The van der Waals surface area contributed by atoms with Crippen LogP contribution < -0.4 is 10.9 Å². The molecular formula is C13H15N3O2. The molecule has 2 heterocycles. The molecule has 1 aromatic carbocycles. The van der Waals surface area contributed by atoms with E-state index >= 15 is 0 Å². The quantitative estimate of drug-likeness (QED) is 0.817. The molecular weight excluding hydrogens is 230 g/mol. The zero-order valence-electron chi connectivity index (χ0n) is 9.97. The summed E-state index contributed by atoms with van der Waals surface area (Å²) in [6.45, 7) is 2.65. The molecule has 1 fully saturated rings. The van der Waals surface area contributed by atoms with E-state index in [0.29, 0.717) is 23.4 Å². The molecule has 1 atom stereocenters. The Kier molecular flexibility index (Phi) is 2.76. The van der Waals surface area contributed by atoms with Crippen LogP contribution in [0.4, 0.5) is 0 Å². The Balaban J connectivity index is 2.03. The van der Waals surface area contributed by atoms with Crippen molar-refractivity contribution in [3.63, 3.8) is 0 Å². The van der Waals surface area contributed by atoms with Crippen LogP contribution in [0.15, 0.2) is 29.3 Å². The number of fused-ring (bicyclic) bond motifs is 1. The summed E-state index contributed by atoms with van der Waals surface area (Å²) in [5.74, 6) is 0.540. The minimum absolute atomic E-state index is 0.0549. The zero-order chi connectivity index (χ0) is 12.5. The van der Waals surface area contributed by atoms with Gasteiger partial charge in [0.2, 0.25) is 0 Å². The second kappa shape index (κ2) is 4.42. The lowest BCUT2D eigenvalue weighted by molar-refractivity contribution is 0.467. The van der Waals surface area contributed by atoms with Gasteiger partial charge < -0.3 is 10.4 Å². The standard InChI is InChI=1S/C13H15N3O2/c17-11-3-1-2-10-12(11)15-8-16(13(10)18)7-9-4-5-14-6-9/h1-3,8-9,14,17H,4-7H2. The number of nitrogens with one attached hydrogen (secondary N) is 1. The summed E-state index contributed by atoms with van der Waals surface area (Å²) in [7, 11) is 0. The number of phenols is 1. The smallest absolute Gasteiger partial charge is 0.261 e. The number of hydrogen-bond acceptors (Lipinski definition) is 4. The number of para-hydroxylation sites is 1. The summed E-state index contributed by atoms with van der Waals surface area (Å²) < 4.78 is 1.64. The molecule has 1 unspecified atom stereocenters. The Morgan fingerprint density at radius 2 is 2.39 bits per heavy atom. The number of benzene rings is 1. The van der Waals surface area contributed by atoms with Crippen molar-refractivity contribution in [2.75, 3.05) is 13.1 Å². The van der Waals surface area contributed by atoms with Crippen molar-refractivity contribution < 1.29 is 5.11 Å². The second-order valence-electron chi connectivity index (χ2n) is 4.73. The topological polar surface area (TPSA) is 67.1 Å². The van der Waals surface area contributed by atoms with Crippen molar-refractivity contribution in [2.24, 2.45) is 5.92 Å². The van der Waals surface area contributed by atoms with Crippen LogP contribution in [0.2, 0.25) is 0 Å². The minimum atomic E-state index is -0.0807. The third kappa shape index (κ3) is 1.86. The van der Waals surface area contributed by atoms with Gasteiger partial charge >= 0.3 is 0 Å². The highest BCUT2D eigenvalue weighted by Gasteiger charge is 2.16. The zero-order valence-corrected chi connectivity index (χ0v) is 9.97. The number of nitrogens with zero attached hydrogens (tertiary/aromatic N) is 2. The number of phenolic OH excluding ortho intramolecular Hbond substituents is 1. The first-order valence-corrected chi connectivity index (χ1v) is 6.13. The maximum atomic E-state index is 12.3. The largest absolute Gasteiger partial charge is 0.506 e. The average molecular weight is 245 g/mol. The first-order valence-electron chi connectivity index (χ1n) is 6.13. The van der Waals surface area contributed by atoms with E-state index in [4.69, 9.17) is 0 Å². The molecule has 1 aliphatic heterocycles. The van der Waals surface area contributed by atoms with Gasteiger partial charge in [0.15, 0.2) is 0 Å². The van der Waals surface area contributed by atoms with Gasteiger partial charge in [-0.3, -0.25) is 9.36 Å². The van der Waals surface area contributed by atoms with E-state index in [1.165, 1.54) is 6.33 Å². The fourth-order valence-electron chi connectivity index (χ4n) is 2.45. The highest BCUT2D eigenvalue weighted by Crippen LogP contribution is 2.19. The van der Waals surface area contributed by atoms with Crippen LogP contribution in [-0.4, -0.2) is 27.7 Å². The van der Waals surface area contributed by atoms with Gasteiger partial charge in [-0.25, -0.2) is 4.98 Å². The van der Waals surface area contributed by atoms with Crippen molar-refractivity contribution in [1.29, 1.82) is 0 Å². The van der Waals surface area contributed by atoms with E-state index in [0.717, 1.165) is 19.5 Å². The van der Waals surface area contributed by atoms with Crippen LogP contribution >= 0.6 is 0 Å². The van der Waals surface area contributed by atoms with Gasteiger partial charge in [-0.15, -0.1) is 0 Å². The Morgan fingerprint density at radius 1 is 1.50 bits per heavy atom. The van der Waals surface area contributed by atoms with Crippen molar-refractivity contribution >= 4 is 10.9 Å². The summed E-state index contributed by atoms with van der Waals surface area (Å²) in [6.07, 6.45) is 2.62. The van der Waals surface area contributed by atoms with Crippen LogP contribution in [0.25, 0.3) is 10.9 Å². The third-order valence-corrected chi connectivity index (χ3v) is 3.45. The maximum absolute atomic E-state index is 12.3. The van der Waals surface area contributed by atoms with Crippen molar-refractivity contribution in [3.8, 4) is 5.75 Å². The average Bonchev–Trinajstić information content (AvgIpc) is 2.86. The molecule has 0 radical (unpaired) electrons. The fourth-order valence-corrected chi connectivity index (χ4v) is 2.45. The molecule has 2 aromatic rings. The van der Waals surface area contributed by atoms with Crippen LogP contribution in [0.3, 0.4) is 0 Å². The van der Waals surface area contributed by atoms with Gasteiger partial charge in [-0.2, -0.15) is 0 Å². The summed E-state index contributed by atoms with van der Waals surface area (Å²) >= 11 is 0. The molecule has 5 nitrogen and oxygen atoms in total. The van der Waals surface area contributed by atoms with Gasteiger partial charge in [0.1, 0.15) is 11.3 Å². The number of rotatable bonds is 2. The molecule has 0 spiro atoms. The lowest BCUT2D eigenvalue weighted by Gasteiger charge is -2.11. The Hall–Kier alpha value is -1.88. The minimum Gasteiger partial charge on any atom is -0.506 e. The van der Waals surface area contributed by atoms with E-state index in [-0.39, 0.29) is 11.3 Å². The van der Waals surface area contributed by atoms with Gasteiger partial charge in [0, 0.05) is 6.54 Å². The van der Waals surface area contributed by atoms with E-state index < -0.39 is 0 Å². The van der Waals surface area contributed by atoms with Gasteiger partial charge in [0.05, 0.1) is 11.7 Å². The number of aromatic hydroxyl groups is 1. The lowest BCUT2D eigenvalue weighted by Crippen LogP contribution is -2.25. The van der Waals surface area contributed by atoms with Crippen molar-refractivity contribution in [2.45, 2.75) is 13.0 Å². The van der Waals surface area contributed by atoms with Crippen LogP contribution in [-0.2, 0) is 6.54 Å². The molecule has 18 heavy (non-hydrogen) atoms. The molecule has 5 heteroatoms. The molecule has 0 bridgehead atoms. The van der Waals surface area contributed by atoms with E-state index in [2.05, 4.69) is 10.3 Å². The van der Waals surface area contributed by atoms with Crippen LogP contribution in [0.5, 0.6) is 5.75 Å². The van der Waals surface area contributed by atoms with Crippen molar-refractivity contribution in [3.05, 3.63) is 34.9 Å². The molecule has 3 rings (SSSR count). The summed E-state index contributed by atoms with van der Waals surface area (Å²) in [6, 6.07) is 4.91. The molecule has 1 saturated heterocycles. The van der Waals surface area contributed by atoms with Gasteiger partial charge in [-0.05, 0) is 37.6 Å². The Bertz CT molecular complexity index is 630. The van der Waals surface area contributed by atoms with Crippen molar-refractivity contribution in [1.82, 2.24) is 14.9 Å². The molecule has 94 valence electrons. The summed E-state index contributed by atoms with van der Waals surface area (Å²) in [5.41, 5.74) is 0.297. The first kappa shape index (κ1) is 11.2. The monoisotopic (exact) mass is 245 g/mol. The third-order valence-electron chi connectivity index (χ3n) is 3.45. The highest BCUT2D eigenvalue weighted by atomic mass is 16.3. The summed E-state index contributed by atoms with van der Waals surface area (Å²) in [4.78, 5) is 16.4. The number of hydrogen-bond donors (Lipinski definition) is 2. The Labute approximate surface area is 104 Å². The molecule has 2 N–H and O–H groups in total. The normalized spacial score (nSPS) is 19.4. The molecule has 0 saturated carbocycles. The highest BCUT2D eigenvalue weighted by molar-refractivity contribution is 5.82. The van der Waals surface area contributed by atoms with E-state index in [9.17, 15) is 9.90 Å².